The minimum Gasteiger partial charge on any atom is -0.465 e. The molecule has 0 radical (unpaired) electrons. The predicted octanol–water partition coefficient (Wildman–Crippen LogP) is 3.75. The number of nitrogens with zero attached hydrogens (tertiary/aromatic N) is 2. The van der Waals surface area contributed by atoms with Gasteiger partial charge in [0, 0.05) is 11.8 Å². The first kappa shape index (κ1) is 13.6. The smallest absolute Gasteiger partial charge is 0.337 e. The molecular formula is C16H13ClN2O2. The number of esters is 1. The number of rotatable bonds is 2. The first-order chi connectivity index (χ1) is 10.1. The molecule has 4 nitrogen and oxygen atoms in total. The van der Waals surface area contributed by atoms with Crippen LogP contribution in [0.5, 0.6) is 0 Å². The number of imidazole rings is 1. The number of carbonyl (C=O) groups is 1. The van der Waals surface area contributed by atoms with Gasteiger partial charge in [-0.15, -0.1) is 0 Å². The molecular weight excluding hydrogens is 288 g/mol. The summed E-state index contributed by atoms with van der Waals surface area (Å²) in [7, 11) is 1.35. The summed E-state index contributed by atoms with van der Waals surface area (Å²) in [5.74, 6) is 0.349. The lowest BCUT2D eigenvalue weighted by molar-refractivity contribution is 0.0601. The van der Waals surface area contributed by atoms with Crippen LogP contribution in [0, 0.1) is 6.92 Å². The van der Waals surface area contributed by atoms with Crippen molar-refractivity contribution >= 4 is 23.1 Å². The minimum absolute atomic E-state index is 0.359. The van der Waals surface area contributed by atoms with E-state index in [1.165, 1.54) is 7.11 Å². The van der Waals surface area contributed by atoms with Crippen molar-refractivity contribution in [1.29, 1.82) is 0 Å². The topological polar surface area (TPSA) is 43.6 Å². The number of aromatic nitrogens is 2. The van der Waals surface area contributed by atoms with Crippen LogP contribution in [0.2, 0.25) is 5.15 Å². The summed E-state index contributed by atoms with van der Waals surface area (Å²) in [6, 6.07) is 11.4. The lowest BCUT2D eigenvalue weighted by Crippen LogP contribution is -2.02. The quantitative estimate of drug-likeness (QED) is 0.677. The Morgan fingerprint density at radius 1 is 1.29 bits per heavy atom. The number of pyridine rings is 1. The molecule has 0 saturated heterocycles. The van der Waals surface area contributed by atoms with E-state index in [1.807, 2.05) is 35.6 Å². The zero-order valence-electron chi connectivity index (χ0n) is 11.6. The Morgan fingerprint density at radius 3 is 2.81 bits per heavy atom. The van der Waals surface area contributed by atoms with Crippen LogP contribution in [0.15, 0.2) is 42.6 Å². The molecule has 0 aliphatic rings. The summed E-state index contributed by atoms with van der Waals surface area (Å²) in [5, 5.41) is 0.359. The van der Waals surface area contributed by atoms with Crippen molar-refractivity contribution in [2.24, 2.45) is 0 Å². The van der Waals surface area contributed by atoms with Gasteiger partial charge in [-0.1, -0.05) is 35.4 Å². The SMILES string of the molecule is COC(=O)c1ccn2c(-c3cccc(C)c3)nc(Cl)c2c1. The van der Waals surface area contributed by atoms with Gasteiger partial charge in [-0.25, -0.2) is 9.78 Å². The molecule has 0 atom stereocenters. The van der Waals surface area contributed by atoms with Crippen LogP contribution in [0.25, 0.3) is 16.9 Å². The molecule has 0 N–H and O–H groups in total. The van der Waals surface area contributed by atoms with Crippen LogP contribution in [-0.4, -0.2) is 22.5 Å². The maximum absolute atomic E-state index is 11.6. The summed E-state index contributed by atoms with van der Waals surface area (Å²) in [6.07, 6.45) is 1.78. The molecule has 3 aromatic rings. The number of hydrogen-bond acceptors (Lipinski definition) is 3. The van der Waals surface area contributed by atoms with Crippen LogP contribution in [0.1, 0.15) is 15.9 Å². The van der Waals surface area contributed by atoms with Gasteiger partial charge in [0.15, 0.2) is 5.15 Å². The molecule has 0 unspecified atom stereocenters. The maximum Gasteiger partial charge on any atom is 0.337 e. The molecule has 1 aromatic carbocycles. The summed E-state index contributed by atoms with van der Waals surface area (Å²) in [4.78, 5) is 16.0. The van der Waals surface area contributed by atoms with E-state index in [4.69, 9.17) is 16.3 Å². The molecule has 2 heterocycles. The van der Waals surface area contributed by atoms with Gasteiger partial charge < -0.3 is 4.74 Å². The van der Waals surface area contributed by atoms with E-state index in [2.05, 4.69) is 4.98 Å². The fourth-order valence-electron chi connectivity index (χ4n) is 2.28. The highest BCUT2D eigenvalue weighted by Gasteiger charge is 2.14. The summed E-state index contributed by atoms with van der Waals surface area (Å²) in [5.41, 5.74) is 3.24. The van der Waals surface area contributed by atoms with Crippen LogP contribution in [-0.2, 0) is 4.74 Å². The van der Waals surface area contributed by atoms with Crippen molar-refractivity contribution in [3.63, 3.8) is 0 Å². The van der Waals surface area contributed by atoms with Gasteiger partial charge in [0.1, 0.15) is 5.82 Å². The third-order valence-electron chi connectivity index (χ3n) is 3.30. The Balaban J connectivity index is 2.20. The first-order valence-corrected chi connectivity index (χ1v) is 6.81. The van der Waals surface area contributed by atoms with E-state index < -0.39 is 5.97 Å². The summed E-state index contributed by atoms with van der Waals surface area (Å²) >= 11 is 6.20. The van der Waals surface area contributed by atoms with Gasteiger partial charge in [-0.3, -0.25) is 4.40 Å². The number of fused-ring (bicyclic) bond motifs is 1. The van der Waals surface area contributed by atoms with Crippen LogP contribution >= 0.6 is 11.6 Å². The predicted molar refractivity (Wildman–Crippen MR) is 81.7 cm³/mol. The zero-order valence-corrected chi connectivity index (χ0v) is 12.4. The fourth-order valence-corrected chi connectivity index (χ4v) is 2.51. The Kier molecular flexibility index (Phi) is 3.39. The molecule has 0 bridgehead atoms. The minimum atomic E-state index is -0.396. The average Bonchev–Trinajstić information content (AvgIpc) is 2.83. The van der Waals surface area contributed by atoms with E-state index in [0.717, 1.165) is 17.0 Å². The second-order valence-corrected chi connectivity index (χ2v) is 5.12. The largest absolute Gasteiger partial charge is 0.465 e. The van der Waals surface area contributed by atoms with Crippen molar-refractivity contribution in [3.8, 4) is 11.4 Å². The van der Waals surface area contributed by atoms with E-state index in [1.54, 1.807) is 18.3 Å². The summed E-state index contributed by atoms with van der Waals surface area (Å²) < 4.78 is 6.59. The maximum atomic E-state index is 11.6. The van der Waals surface area contributed by atoms with Gasteiger partial charge in [0.2, 0.25) is 0 Å². The number of aryl methyl sites for hydroxylation is 1. The molecule has 0 amide bonds. The number of hydrogen-bond donors (Lipinski definition) is 0. The number of carbonyl (C=O) groups excluding carboxylic acids is 1. The Morgan fingerprint density at radius 2 is 2.10 bits per heavy atom. The number of benzene rings is 1. The van der Waals surface area contributed by atoms with Crippen LogP contribution in [0.3, 0.4) is 0 Å². The van der Waals surface area contributed by atoms with Crippen LogP contribution in [0.4, 0.5) is 0 Å². The van der Waals surface area contributed by atoms with Crippen molar-refractivity contribution in [2.45, 2.75) is 6.92 Å². The lowest BCUT2D eigenvalue weighted by atomic mass is 10.1. The van der Waals surface area contributed by atoms with Crippen molar-refractivity contribution in [1.82, 2.24) is 9.38 Å². The molecule has 2 aromatic heterocycles. The Bertz CT molecular complexity index is 839. The molecule has 21 heavy (non-hydrogen) atoms. The average molecular weight is 301 g/mol. The molecule has 0 spiro atoms. The Labute approximate surface area is 126 Å². The monoisotopic (exact) mass is 300 g/mol. The second-order valence-electron chi connectivity index (χ2n) is 4.76. The highest BCUT2D eigenvalue weighted by atomic mass is 35.5. The standard InChI is InChI=1S/C16H13ClN2O2/c1-10-4-3-5-11(8-10)15-18-14(17)13-9-12(16(20)21-2)6-7-19(13)15/h3-9H,1-2H3. The number of ether oxygens (including phenoxy) is 1. The van der Waals surface area contributed by atoms with Gasteiger partial charge in [0.05, 0.1) is 18.2 Å². The Hall–Kier alpha value is -2.33. The van der Waals surface area contributed by atoms with E-state index in [9.17, 15) is 4.79 Å². The fraction of sp³-hybridized carbons (Fsp3) is 0.125. The normalized spacial score (nSPS) is 10.8. The number of halogens is 1. The van der Waals surface area contributed by atoms with E-state index >= 15 is 0 Å². The third kappa shape index (κ3) is 2.38. The van der Waals surface area contributed by atoms with Gasteiger partial charge in [0.25, 0.3) is 0 Å². The van der Waals surface area contributed by atoms with E-state index in [0.29, 0.717) is 16.2 Å². The number of methoxy groups -OCH3 is 1. The third-order valence-corrected chi connectivity index (χ3v) is 3.57. The highest BCUT2D eigenvalue weighted by molar-refractivity contribution is 6.33. The molecule has 0 aliphatic carbocycles. The molecule has 0 saturated carbocycles. The van der Waals surface area contributed by atoms with Gasteiger partial charge in [-0.2, -0.15) is 0 Å². The molecule has 5 heteroatoms. The highest BCUT2D eigenvalue weighted by Crippen LogP contribution is 2.27. The van der Waals surface area contributed by atoms with Gasteiger partial charge in [-0.05, 0) is 25.1 Å². The van der Waals surface area contributed by atoms with E-state index in [-0.39, 0.29) is 0 Å². The van der Waals surface area contributed by atoms with Crippen molar-refractivity contribution in [2.75, 3.05) is 7.11 Å². The first-order valence-electron chi connectivity index (χ1n) is 6.43. The zero-order chi connectivity index (χ0) is 15.0. The summed E-state index contributed by atoms with van der Waals surface area (Å²) in [6.45, 7) is 2.02. The van der Waals surface area contributed by atoms with Crippen LogP contribution < -0.4 is 0 Å². The lowest BCUT2D eigenvalue weighted by Gasteiger charge is -2.04. The van der Waals surface area contributed by atoms with Crippen molar-refractivity contribution in [3.05, 3.63) is 58.9 Å². The molecule has 0 aliphatic heterocycles. The second kappa shape index (κ2) is 5.22. The van der Waals surface area contributed by atoms with Gasteiger partial charge >= 0.3 is 5.97 Å². The molecule has 0 fully saturated rings. The van der Waals surface area contributed by atoms with Crippen molar-refractivity contribution < 1.29 is 9.53 Å². The molecule has 3 rings (SSSR count). The molecule has 106 valence electrons.